The summed E-state index contributed by atoms with van der Waals surface area (Å²) in [7, 11) is 0. The molecule has 2 aromatic carbocycles. The lowest BCUT2D eigenvalue weighted by Gasteiger charge is -2.53. The quantitative estimate of drug-likeness (QED) is 0.845. The standard InChI is InChI=1S/C23H30O2/c1-17(2)21-15-14-18(3)16-22(21,24)23(25,19-10-6-4-7-11-19)20-12-8-5-9-13-20/h4-13,17-18,21,24-25H,14-16H2,1-3H3/t18-,21-,22+/m1/s1. The average molecular weight is 338 g/mol. The highest BCUT2D eigenvalue weighted by molar-refractivity contribution is 5.40. The van der Waals surface area contributed by atoms with E-state index in [1.54, 1.807) is 0 Å². The van der Waals surface area contributed by atoms with Crippen LogP contribution in [0.5, 0.6) is 0 Å². The fourth-order valence-electron chi connectivity index (χ4n) is 4.81. The van der Waals surface area contributed by atoms with Crippen LogP contribution in [0.3, 0.4) is 0 Å². The van der Waals surface area contributed by atoms with Crippen LogP contribution in [-0.2, 0) is 5.60 Å². The van der Waals surface area contributed by atoms with E-state index in [4.69, 9.17) is 0 Å². The van der Waals surface area contributed by atoms with Crippen LogP contribution in [0.15, 0.2) is 60.7 Å². The normalized spacial score (nSPS) is 27.4. The van der Waals surface area contributed by atoms with Crippen LogP contribution in [0.25, 0.3) is 0 Å². The molecule has 25 heavy (non-hydrogen) atoms. The second-order valence-electron chi connectivity index (χ2n) is 8.10. The molecule has 0 spiro atoms. The van der Waals surface area contributed by atoms with E-state index in [0.717, 1.165) is 24.0 Å². The summed E-state index contributed by atoms with van der Waals surface area (Å²) in [4.78, 5) is 0. The van der Waals surface area contributed by atoms with Crippen molar-refractivity contribution in [2.75, 3.05) is 0 Å². The van der Waals surface area contributed by atoms with Gasteiger partial charge in [0.15, 0.2) is 0 Å². The first-order valence-corrected chi connectivity index (χ1v) is 9.45. The smallest absolute Gasteiger partial charge is 0.143 e. The molecule has 0 bridgehead atoms. The zero-order chi connectivity index (χ0) is 18.1. The van der Waals surface area contributed by atoms with Gasteiger partial charge in [0.25, 0.3) is 0 Å². The minimum atomic E-state index is -1.42. The summed E-state index contributed by atoms with van der Waals surface area (Å²) in [6, 6.07) is 19.4. The van der Waals surface area contributed by atoms with Gasteiger partial charge in [-0.2, -0.15) is 0 Å². The van der Waals surface area contributed by atoms with Gasteiger partial charge in [-0.1, -0.05) is 87.9 Å². The molecule has 2 heteroatoms. The van der Waals surface area contributed by atoms with Gasteiger partial charge in [0.05, 0.1) is 0 Å². The molecule has 1 aliphatic rings. The summed E-state index contributed by atoms with van der Waals surface area (Å²) < 4.78 is 0. The highest BCUT2D eigenvalue weighted by Crippen LogP contribution is 2.53. The fraction of sp³-hybridized carbons (Fsp3) is 0.478. The van der Waals surface area contributed by atoms with Gasteiger partial charge in [-0.25, -0.2) is 0 Å². The molecular weight excluding hydrogens is 308 g/mol. The molecule has 134 valence electrons. The maximum absolute atomic E-state index is 12.1. The summed E-state index contributed by atoms with van der Waals surface area (Å²) >= 11 is 0. The SMILES string of the molecule is CC(C)[C@H]1CC[C@@H](C)C[C@@]1(O)C(O)(c1ccccc1)c1ccccc1. The fourth-order valence-corrected chi connectivity index (χ4v) is 4.81. The second kappa shape index (κ2) is 6.93. The van der Waals surface area contributed by atoms with Crippen molar-refractivity contribution in [1.29, 1.82) is 0 Å². The van der Waals surface area contributed by atoms with Crippen LogP contribution in [0.1, 0.15) is 51.2 Å². The molecule has 2 N–H and O–H groups in total. The van der Waals surface area contributed by atoms with Gasteiger partial charge in [-0.05, 0) is 41.7 Å². The van der Waals surface area contributed by atoms with Crippen molar-refractivity contribution in [2.45, 2.75) is 51.2 Å². The van der Waals surface area contributed by atoms with E-state index < -0.39 is 11.2 Å². The molecule has 0 aliphatic heterocycles. The third kappa shape index (κ3) is 3.02. The Morgan fingerprint density at radius 2 is 1.40 bits per heavy atom. The lowest BCUT2D eigenvalue weighted by Crippen LogP contribution is -2.60. The van der Waals surface area contributed by atoms with Crippen LogP contribution in [0.2, 0.25) is 0 Å². The predicted molar refractivity (Wildman–Crippen MR) is 102 cm³/mol. The number of hydrogen-bond acceptors (Lipinski definition) is 2. The number of hydrogen-bond donors (Lipinski definition) is 2. The van der Waals surface area contributed by atoms with Crippen molar-refractivity contribution >= 4 is 0 Å². The van der Waals surface area contributed by atoms with E-state index >= 15 is 0 Å². The van der Waals surface area contributed by atoms with E-state index in [2.05, 4.69) is 20.8 Å². The first-order valence-electron chi connectivity index (χ1n) is 9.45. The van der Waals surface area contributed by atoms with Gasteiger partial charge in [-0.3, -0.25) is 0 Å². The number of aliphatic hydroxyl groups is 2. The van der Waals surface area contributed by atoms with Gasteiger partial charge < -0.3 is 10.2 Å². The Morgan fingerprint density at radius 3 is 1.84 bits per heavy atom. The van der Waals surface area contributed by atoms with E-state index in [-0.39, 0.29) is 5.92 Å². The summed E-state index contributed by atoms with van der Waals surface area (Å²) in [5, 5.41) is 24.2. The van der Waals surface area contributed by atoms with Crippen molar-refractivity contribution < 1.29 is 10.2 Å². The van der Waals surface area contributed by atoms with Crippen LogP contribution in [0, 0.1) is 17.8 Å². The molecule has 3 rings (SSSR count). The van der Waals surface area contributed by atoms with Gasteiger partial charge in [-0.15, -0.1) is 0 Å². The number of rotatable bonds is 4. The van der Waals surface area contributed by atoms with E-state index in [1.807, 2.05) is 60.7 Å². The monoisotopic (exact) mass is 338 g/mol. The lowest BCUT2D eigenvalue weighted by molar-refractivity contribution is -0.198. The summed E-state index contributed by atoms with van der Waals surface area (Å²) in [5.41, 5.74) is -1.08. The van der Waals surface area contributed by atoms with Gasteiger partial charge in [0.1, 0.15) is 11.2 Å². The Balaban J connectivity index is 2.23. The van der Waals surface area contributed by atoms with E-state index in [1.165, 1.54) is 0 Å². The van der Waals surface area contributed by atoms with Crippen molar-refractivity contribution in [3.63, 3.8) is 0 Å². The molecule has 2 nitrogen and oxygen atoms in total. The molecule has 1 fully saturated rings. The molecule has 2 aromatic rings. The zero-order valence-electron chi connectivity index (χ0n) is 15.5. The first kappa shape index (κ1) is 18.2. The molecule has 0 radical (unpaired) electrons. The summed E-state index contributed by atoms with van der Waals surface area (Å²) in [6.07, 6.45) is 2.65. The Labute approximate surface area is 151 Å². The van der Waals surface area contributed by atoms with Crippen LogP contribution in [0.4, 0.5) is 0 Å². The maximum atomic E-state index is 12.1. The van der Waals surface area contributed by atoms with E-state index in [0.29, 0.717) is 18.3 Å². The Morgan fingerprint density at radius 1 is 0.920 bits per heavy atom. The largest absolute Gasteiger partial charge is 0.386 e. The molecule has 1 aliphatic carbocycles. The lowest BCUT2D eigenvalue weighted by atomic mass is 9.57. The van der Waals surface area contributed by atoms with Crippen molar-refractivity contribution in [3.8, 4) is 0 Å². The minimum Gasteiger partial charge on any atom is -0.386 e. The van der Waals surface area contributed by atoms with Crippen LogP contribution >= 0.6 is 0 Å². The Hall–Kier alpha value is -1.64. The third-order valence-corrected chi connectivity index (χ3v) is 6.06. The minimum absolute atomic E-state index is 0.0501. The predicted octanol–water partition coefficient (Wildman–Crippen LogP) is 4.75. The topological polar surface area (TPSA) is 40.5 Å². The molecular formula is C23H30O2. The zero-order valence-corrected chi connectivity index (χ0v) is 15.5. The summed E-state index contributed by atoms with van der Waals surface area (Å²) in [5.74, 6) is 0.740. The molecule has 0 saturated heterocycles. The number of benzene rings is 2. The summed E-state index contributed by atoms with van der Waals surface area (Å²) in [6.45, 7) is 6.49. The van der Waals surface area contributed by atoms with Crippen LogP contribution in [-0.4, -0.2) is 15.8 Å². The Kier molecular flexibility index (Phi) is 5.04. The van der Waals surface area contributed by atoms with Crippen molar-refractivity contribution in [3.05, 3.63) is 71.8 Å². The van der Waals surface area contributed by atoms with Crippen LogP contribution < -0.4 is 0 Å². The highest BCUT2D eigenvalue weighted by atomic mass is 16.4. The average Bonchev–Trinajstić information content (AvgIpc) is 2.62. The molecule has 0 aromatic heterocycles. The molecule has 0 unspecified atom stereocenters. The maximum Gasteiger partial charge on any atom is 0.143 e. The van der Waals surface area contributed by atoms with E-state index in [9.17, 15) is 10.2 Å². The van der Waals surface area contributed by atoms with Gasteiger partial charge >= 0.3 is 0 Å². The molecule has 0 heterocycles. The molecule has 0 amide bonds. The third-order valence-electron chi connectivity index (χ3n) is 6.06. The first-order chi connectivity index (χ1) is 11.9. The van der Waals surface area contributed by atoms with Crippen molar-refractivity contribution in [2.24, 2.45) is 17.8 Å². The Bertz CT molecular complexity index is 640. The van der Waals surface area contributed by atoms with Crippen molar-refractivity contribution in [1.82, 2.24) is 0 Å². The second-order valence-corrected chi connectivity index (χ2v) is 8.10. The molecule has 3 atom stereocenters. The van der Waals surface area contributed by atoms with Gasteiger partial charge in [0.2, 0.25) is 0 Å². The highest BCUT2D eigenvalue weighted by Gasteiger charge is 2.58. The molecule has 1 saturated carbocycles. The van der Waals surface area contributed by atoms with Gasteiger partial charge in [0, 0.05) is 0 Å².